The number of aromatic nitrogens is 4. The Morgan fingerprint density at radius 1 is 1.00 bits per heavy atom. The molecule has 2 atom stereocenters. The van der Waals surface area contributed by atoms with Crippen molar-refractivity contribution in [1.82, 2.24) is 24.4 Å². The van der Waals surface area contributed by atoms with Gasteiger partial charge in [0.25, 0.3) is 0 Å². The third-order valence-electron chi connectivity index (χ3n) is 6.52. The van der Waals surface area contributed by atoms with Crippen LogP contribution in [0.25, 0.3) is 11.2 Å². The van der Waals surface area contributed by atoms with E-state index in [1.807, 2.05) is 16.7 Å². The van der Waals surface area contributed by atoms with Crippen molar-refractivity contribution in [3.8, 4) is 17.2 Å². The van der Waals surface area contributed by atoms with Gasteiger partial charge in [-0.05, 0) is 17.7 Å². The molecule has 0 bridgehead atoms. The number of nitrogens with zero attached hydrogens (tertiary/aromatic N) is 6. The van der Waals surface area contributed by atoms with Crippen molar-refractivity contribution in [2.24, 2.45) is 0 Å². The molecular formula is C24H32N6O6. The molecule has 194 valence electrons. The Hall–Kier alpha value is -3.19. The Bertz CT molecular complexity index is 1160. The highest BCUT2D eigenvalue weighted by atomic mass is 16.5. The van der Waals surface area contributed by atoms with Gasteiger partial charge in [0.05, 0.1) is 53.6 Å². The van der Waals surface area contributed by atoms with Gasteiger partial charge in [-0.1, -0.05) is 0 Å². The lowest BCUT2D eigenvalue weighted by Crippen LogP contribution is -2.46. The van der Waals surface area contributed by atoms with E-state index in [1.165, 1.54) is 0 Å². The van der Waals surface area contributed by atoms with Crippen LogP contribution in [0, 0.1) is 0 Å². The Morgan fingerprint density at radius 3 is 2.42 bits per heavy atom. The molecular weight excluding hydrogens is 468 g/mol. The number of aliphatic hydroxyl groups is 1. The first-order valence-electron chi connectivity index (χ1n) is 11.9. The zero-order chi connectivity index (χ0) is 25.1. The molecule has 0 aliphatic carbocycles. The Morgan fingerprint density at radius 2 is 1.75 bits per heavy atom. The number of anilines is 1. The van der Waals surface area contributed by atoms with Crippen LogP contribution in [0.15, 0.2) is 24.8 Å². The van der Waals surface area contributed by atoms with E-state index < -0.39 is 0 Å². The number of hydrogen-bond acceptors (Lipinski definition) is 11. The molecule has 0 saturated carbocycles. The Labute approximate surface area is 209 Å². The topological polar surface area (TPSA) is 116 Å². The van der Waals surface area contributed by atoms with E-state index >= 15 is 0 Å². The third-order valence-corrected chi connectivity index (χ3v) is 6.52. The maximum atomic E-state index is 9.97. The van der Waals surface area contributed by atoms with Crippen LogP contribution >= 0.6 is 0 Å². The number of benzene rings is 1. The Balaban J connectivity index is 1.41. The lowest BCUT2D eigenvalue weighted by atomic mass is 10.1. The number of rotatable bonds is 8. The minimum Gasteiger partial charge on any atom is -0.493 e. The molecule has 36 heavy (non-hydrogen) atoms. The summed E-state index contributed by atoms with van der Waals surface area (Å²) in [6, 6.07) is 3.88. The molecule has 2 saturated heterocycles. The summed E-state index contributed by atoms with van der Waals surface area (Å²) in [4.78, 5) is 18.1. The summed E-state index contributed by atoms with van der Waals surface area (Å²) in [6.45, 7) is 4.50. The van der Waals surface area contributed by atoms with Gasteiger partial charge in [0.1, 0.15) is 12.6 Å². The highest BCUT2D eigenvalue weighted by Crippen LogP contribution is 2.39. The van der Waals surface area contributed by atoms with E-state index in [1.54, 1.807) is 34.0 Å². The van der Waals surface area contributed by atoms with Crippen LogP contribution in [0.3, 0.4) is 0 Å². The summed E-state index contributed by atoms with van der Waals surface area (Å²) in [5.41, 5.74) is 2.42. The molecule has 2 fully saturated rings. The van der Waals surface area contributed by atoms with Gasteiger partial charge in [-0.2, -0.15) is 0 Å². The largest absolute Gasteiger partial charge is 0.493 e. The number of hydrogen-bond donors (Lipinski definition) is 1. The van der Waals surface area contributed by atoms with Gasteiger partial charge in [-0.15, -0.1) is 0 Å². The molecule has 1 aromatic carbocycles. The van der Waals surface area contributed by atoms with Gasteiger partial charge in [0, 0.05) is 32.7 Å². The highest BCUT2D eigenvalue weighted by molar-refractivity contribution is 5.83. The second-order valence-electron chi connectivity index (χ2n) is 8.74. The molecule has 5 rings (SSSR count). The van der Waals surface area contributed by atoms with E-state index in [0.29, 0.717) is 55.7 Å². The minimum atomic E-state index is -0.379. The molecule has 0 unspecified atom stereocenters. The van der Waals surface area contributed by atoms with Gasteiger partial charge in [-0.3, -0.25) is 9.47 Å². The fourth-order valence-corrected chi connectivity index (χ4v) is 4.82. The first-order chi connectivity index (χ1) is 17.6. The van der Waals surface area contributed by atoms with Crippen molar-refractivity contribution in [3.63, 3.8) is 0 Å². The van der Waals surface area contributed by atoms with Gasteiger partial charge >= 0.3 is 0 Å². The average Bonchev–Trinajstić information content (AvgIpc) is 3.37. The molecule has 1 N–H and O–H groups in total. The highest BCUT2D eigenvalue weighted by Gasteiger charge is 2.31. The van der Waals surface area contributed by atoms with Crippen molar-refractivity contribution < 1.29 is 28.8 Å². The number of imidazole rings is 1. The van der Waals surface area contributed by atoms with Crippen LogP contribution < -0.4 is 19.1 Å². The quantitative estimate of drug-likeness (QED) is 0.479. The molecule has 0 spiro atoms. The second-order valence-corrected chi connectivity index (χ2v) is 8.74. The van der Waals surface area contributed by atoms with Crippen LogP contribution in [0.5, 0.6) is 17.2 Å². The summed E-state index contributed by atoms with van der Waals surface area (Å²) in [6.07, 6.45) is 2.57. The number of aliphatic hydroxyl groups excluding tert-OH is 1. The zero-order valence-electron chi connectivity index (χ0n) is 20.8. The number of fused-ring (bicyclic) bond motifs is 1. The molecule has 4 heterocycles. The standard InChI is InChI=1S/C24H32N6O6/c1-32-18-8-16(9-19(33-2)22(18)34-3)10-28-11-17(13-31)36-20(12-28)30-15-27-21-23(25-14-26-24(21)30)29-4-6-35-7-5-29/h8-9,14-15,17,20,31H,4-7,10-13H2,1-3H3/t17-,20+/m0/s1. The van der Waals surface area contributed by atoms with Gasteiger partial charge in [0.15, 0.2) is 28.5 Å². The lowest BCUT2D eigenvalue weighted by molar-refractivity contribution is -0.135. The zero-order valence-corrected chi connectivity index (χ0v) is 20.8. The predicted octanol–water partition coefficient (Wildman–Crippen LogP) is 1.08. The summed E-state index contributed by atoms with van der Waals surface area (Å²) < 4.78 is 30.1. The van der Waals surface area contributed by atoms with Crippen LogP contribution in [-0.2, 0) is 16.0 Å². The van der Waals surface area contributed by atoms with Crippen molar-refractivity contribution >= 4 is 17.0 Å². The van der Waals surface area contributed by atoms with Gasteiger partial charge in [0.2, 0.25) is 5.75 Å². The first-order valence-corrected chi connectivity index (χ1v) is 11.9. The summed E-state index contributed by atoms with van der Waals surface area (Å²) in [5, 5.41) is 9.97. The van der Waals surface area contributed by atoms with E-state index in [0.717, 1.165) is 30.0 Å². The lowest BCUT2D eigenvalue weighted by Gasteiger charge is -2.38. The van der Waals surface area contributed by atoms with Crippen molar-refractivity contribution in [2.45, 2.75) is 18.9 Å². The van der Waals surface area contributed by atoms with E-state index in [4.69, 9.17) is 23.7 Å². The van der Waals surface area contributed by atoms with Crippen molar-refractivity contribution in [1.29, 1.82) is 0 Å². The minimum absolute atomic E-state index is 0.0943. The number of morpholine rings is 2. The van der Waals surface area contributed by atoms with Gasteiger partial charge < -0.3 is 33.7 Å². The van der Waals surface area contributed by atoms with Crippen LogP contribution in [0.2, 0.25) is 0 Å². The average molecular weight is 501 g/mol. The predicted molar refractivity (Wildman–Crippen MR) is 131 cm³/mol. The summed E-state index contributed by atoms with van der Waals surface area (Å²) in [5.74, 6) is 2.55. The molecule has 0 radical (unpaired) electrons. The molecule has 2 aliphatic rings. The van der Waals surface area contributed by atoms with Crippen LogP contribution in [0.4, 0.5) is 5.82 Å². The van der Waals surface area contributed by atoms with Gasteiger partial charge in [-0.25, -0.2) is 15.0 Å². The van der Waals surface area contributed by atoms with Crippen LogP contribution in [-0.4, -0.2) is 103 Å². The fourth-order valence-electron chi connectivity index (χ4n) is 4.82. The van der Waals surface area contributed by atoms with E-state index in [9.17, 15) is 5.11 Å². The molecule has 0 amide bonds. The molecule has 3 aromatic rings. The Kier molecular flexibility index (Phi) is 7.37. The maximum Gasteiger partial charge on any atom is 0.203 e. The summed E-state index contributed by atoms with van der Waals surface area (Å²) >= 11 is 0. The fraction of sp³-hybridized carbons (Fsp3) is 0.542. The molecule has 2 aromatic heterocycles. The van der Waals surface area contributed by atoms with Crippen LogP contribution in [0.1, 0.15) is 11.8 Å². The maximum absolute atomic E-state index is 9.97. The first kappa shape index (κ1) is 24.5. The number of methoxy groups -OCH3 is 3. The third kappa shape index (κ3) is 4.76. The van der Waals surface area contributed by atoms with Crippen molar-refractivity contribution in [2.75, 3.05) is 72.2 Å². The number of ether oxygens (including phenoxy) is 5. The normalized spacial score (nSPS) is 21.1. The monoisotopic (exact) mass is 500 g/mol. The van der Waals surface area contributed by atoms with E-state index in [2.05, 4.69) is 24.8 Å². The molecule has 12 nitrogen and oxygen atoms in total. The SMILES string of the molecule is COc1cc(CN2C[C@@H](CO)O[C@@H](n3cnc4c(N5CCOCC5)ncnc43)C2)cc(OC)c1OC. The smallest absolute Gasteiger partial charge is 0.203 e. The molecule has 2 aliphatic heterocycles. The van der Waals surface area contributed by atoms with E-state index in [-0.39, 0.29) is 18.9 Å². The summed E-state index contributed by atoms with van der Waals surface area (Å²) in [7, 11) is 4.79. The second kappa shape index (κ2) is 10.8. The van der Waals surface area contributed by atoms with Crippen molar-refractivity contribution in [3.05, 3.63) is 30.4 Å². The molecule has 12 heteroatoms.